The van der Waals surface area contributed by atoms with Crippen LogP contribution < -0.4 is 5.32 Å². The second kappa shape index (κ2) is 13.6. The minimum Gasteiger partial charge on any atom is -0.352 e. The Kier molecular flexibility index (Phi) is 9.97. The van der Waals surface area contributed by atoms with E-state index in [0.717, 1.165) is 42.4 Å². The average Bonchev–Trinajstić information content (AvgIpc) is 2.95. The molecule has 1 aliphatic rings. The first-order valence-corrected chi connectivity index (χ1v) is 14.6. The molecule has 0 aromatic heterocycles. The Morgan fingerprint density at radius 1 is 0.795 bits per heavy atom. The summed E-state index contributed by atoms with van der Waals surface area (Å²) in [7, 11) is 0. The number of aryl methyl sites for hydroxylation is 1. The Labute approximate surface area is 234 Å². The molecule has 4 rings (SSSR count). The Hall–Kier alpha value is -3.40. The van der Waals surface area contributed by atoms with E-state index < -0.39 is 6.04 Å². The van der Waals surface area contributed by atoms with E-state index in [2.05, 4.69) is 50.4 Å². The largest absolute Gasteiger partial charge is 0.352 e. The van der Waals surface area contributed by atoms with Crippen LogP contribution in [0.25, 0.3) is 0 Å². The molecule has 1 N–H and O–H groups in total. The van der Waals surface area contributed by atoms with Gasteiger partial charge in [-0.1, -0.05) is 125 Å². The molecular formula is C35H44N2O2. The van der Waals surface area contributed by atoms with Gasteiger partial charge in [0.05, 0.1) is 0 Å². The minimum absolute atomic E-state index is 0.0125. The molecule has 1 saturated carbocycles. The van der Waals surface area contributed by atoms with E-state index in [0.29, 0.717) is 25.8 Å². The first kappa shape index (κ1) is 28.6. The van der Waals surface area contributed by atoms with Crippen LogP contribution in [0, 0.1) is 0 Å². The molecule has 4 heteroatoms. The number of benzene rings is 3. The molecule has 0 bridgehead atoms. The standard InChI is InChI=1S/C35H44N2O2/c1-35(2,3)30-22-19-27(20-23-30)21-24-33(38)37(26-29-15-9-5-10-16-29)32(25-28-13-7-4-8-14-28)34(39)36-31-17-11-6-12-18-31/h4-5,7-10,13-16,19-20,22-23,31-32H,6,11-12,17-18,21,24-26H2,1-3H3,(H,36,39)/t32-/m0/s1. The van der Waals surface area contributed by atoms with Gasteiger partial charge in [-0.2, -0.15) is 0 Å². The normalized spacial score (nSPS) is 14.9. The Bertz CT molecular complexity index is 1180. The third-order valence-electron chi connectivity index (χ3n) is 7.87. The summed E-state index contributed by atoms with van der Waals surface area (Å²) in [4.78, 5) is 29.6. The zero-order chi connectivity index (χ0) is 27.7. The highest BCUT2D eigenvalue weighted by atomic mass is 16.2. The van der Waals surface area contributed by atoms with Crippen molar-refractivity contribution in [1.29, 1.82) is 0 Å². The first-order valence-electron chi connectivity index (χ1n) is 14.6. The van der Waals surface area contributed by atoms with E-state index in [-0.39, 0.29) is 23.3 Å². The molecule has 3 aromatic rings. The van der Waals surface area contributed by atoms with E-state index in [1.54, 1.807) is 0 Å². The Morgan fingerprint density at radius 3 is 1.97 bits per heavy atom. The maximum absolute atomic E-state index is 13.9. The molecule has 1 atom stereocenters. The number of hydrogen-bond donors (Lipinski definition) is 1. The fourth-order valence-corrected chi connectivity index (χ4v) is 5.44. The molecule has 0 unspecified atom stereocenters. The maximum atomic E-state index is 13.9. The molecule has 3 aromatic carbocycles. The van der Waals surface area contributed by atoms with Gasteiger partial charge in [-0.05, 0) is 46.9 Å². The summed E-state index contributed by atoms with van der Waals surface area (Å²) in [5, 5.41) is 3.32. The van der Waals surface area contributed by atoms with Crippen LogP contribution in [0.3, 0.4) is 0 Å². The molecule has 0 radical (unpaired) electrons. The molecule has 0 aliphatic heterocycles. The Morgan fingerprint density at radius 2 is 1.38 bits per heavy atom. The van der Waals surface area contributed by atoms with Gasteiger partial charge in [0.2, 0.25) is 11.8 Å². The third kappa shape index (κ3) is 8.54. The Balaban J connectivity index is 1.56. The number of carbonyl (C=O) groups is 2. The summed E-state index contributed by atoms with van der Waals surface area (Å²) in [6.07, 6.45) is 7.07. The van der Waals surface area contributed by atoms with Crippen molar-refractivity contribution in [2.24, 2.45) is 0 Å². The van der Waals surface area contributed by atoms with E-state index in [9.17, 15) is 9.59 Å². The zero-order valence-corrected chi connectivity index (χ0v) is 23.9. The van der Waals surface area contributed by atoms with Gasteiger partial charge in [0.15, 0.2) is 0 Å². The third-order valence-corrected chi connectivity index (χ3v) is 7.87. The lowest BCUT2D eigenvalue weighted by Crippen LogP contribution is -2.52. The number of rotatable bonds is 10. The highest BCUT2D eigenvalue weighted by molar-refractivity contribution is 5.88. The van der Waals surface area contributed by atoms with Crippen LogP contribution in [0.2, 0.25) is 0 Å². The van der Waals surface area contributed by atoms with Gasteiger partial charge in [0.1, 0.15) is 6.04 Å². The molecule has 4 nitrogen and oxygen atoms in total. The second-order valence-corrected chi connectivity index (χ2v) is 12.0. The smallest absolute Gasteiger partial charge is 0.243 e. The first-order chi connectivity index (χ1) is 18.8. The van der Waals surface area contributed by atoms with Crippen LogP contribution in [0.1, 0.15) is 81.5 Å². The molecule has 2 amide bonds. The maximum Gasteiger partial charge on any atom is 0.243 e. The number of hydrogen-bond acceptors (Lipinski definition) is 2. The molecule has 1 fully saturated rings. The monoisotopic (exact) mass is 524 g/mol. The summed E-state index contributed by atoms with van der Waals surface area (Å²) >= 11 is 0. The lowest BCUT2D eigenvalue weighted by Gasteiger charge is -2.33. The number of carbonyl (C=O) groups excluding carboxylic acids is 2. The molecular weight excluding hydrogens is 480 g/mol. The van der Waals surface area contributed by atoms with Crippen LogP contribution in [0.4, 0.5) is 0 Å². The summed E-state index contributed by atoms with van der Waals surface area (Å²) in [6.45, 7) is 7.03. The predicted molar refractivity (Wildman–Crippen MR) is 159 cm³/mol. The van der Waals surface area contributed by atoms with E-state index in [1.807, 2.05) is 65.6 Å². The van der Waals surface area contributed by atoms with Crippen molar-refractivity contribution in [2.45, 2.75) is 96.2 Å². The van der Waals surface area contributed by atoms with Crippen LogP contribution >= 0.6 is 0 Å². The number of nitrogens with one attached hydrogen (secondary N) is 1. The van der Waals surface area contributed by atoms with Gasteiger partial charge in [-0.3, -0.25) is 9.59 Å². The summed E-state index contributed by atoms with van der Waals surface area (Å²) in [5.74, 6) is -0.0250. The topological polar surface area (TPSA) is 49.4 Å². The molecule has 0 saturated heterocycles. The lowest BCUT2D eigenvalue weighted by molar-refractivity contribution is -0.141. The quantitative estimate of drug-likeness (QED) is 0.310. The van der Waals surface area contributed by atoms with Crippen LogP contribution in [0.5, 0.6) is 0 Å². The van der Waals surface area contributed by atoms with Crippen molar-refractivity contribution in [3.8, 4) is 0 Å². The van der Waals surface area contributed by atoms with E-state index in [4.69, 9.17) is 0 Å². The molecule has 206 valence electrons. The molecule has 0 heterocycles. The van der Waals surface area contributed by atoms with Gasteiger partial charge in [0, 0.05) is 25.4 Å². The van der Waals surface area contributed by atoms with Gasteiger partial charge in [0.25, 0.3) is 0 Å². The molecule has 0 spiro atoms. The predicted octanol–water partition coefficient (Wildman–Crippen LogP) is 7.01. The van der Waals surface area contributed by atoms with Crippen LogP contribution in [0.15, 0.2) is 84.9 Å². The summed E-state index contributed by atoms with van der Waals surface area (Å²) in [5.41, 5.74) is 4.61. The van der Waals surface area contributed by atoms with Gasteiger partial charge in [-0.15, -0.1) is 0 Å². The van der Waals surface area contributed by atoms with E-state index in [1.165, 1.54) is 12.0 Å². The molecule has 39 heavy (non-hydrogen) atoms. The van der Waals surface area contributed by atoms with Crippen LogP contribution in [-0.2, 0) is 34.4 Å². The van der Waals surface area contributed by atoms with Gasteiger partial charge >= 0.3 is 0 Å². The fourth-order valence-electron chi connectivity index (χ4n) is 5.44. The average molecular weight is 525 g/mol. The number of amides is 2. The second-order valence-electron chi connectivity index (χ2n) is 12.0. The van der Waals surface area contributed by atoms with Crippen molar-refractivity contribution < 1.29 is 9.59 Å². The lowest BCUT2D eigenvalue weighted by atomic mass is 9.86. The van der Waals surface area contributed by atoms with Gasteiger partial charge in [-0.25, -0.2) is 0 Å². The number of nitrogens with zero attached hydrogens (tertiary/aromatic N) is 1. The summed E-state index contributed by atoms with van der Waals surface area (Å²) in [6, 6.07) is 28.3. The van der Waals surface area contributed by atoms with Crippen molar-refractivity contribution in [1.82, 2.24) is 10.2 Å². The summed E-state index contributed by atoms with van der Waals surface area (Å²) < 4.78 is 0. The highest BCUT2D eigenvalue weighted by Crippen LogP contribution is 2.23. The van der Waals surface area contributed by atoms with Crippen molar-refractivity contribution in [3.63, 3.8) is 0 Å². The van der Waals surface area contributed by atoms with Crippen molar-refractivity contribution >= 4 is 11.8 Å². The van der Waals surface area contributed by atoms with Crippen molar-refractivity contribution in [2.75, 3.05) is 0 Å². The van der Waals surface area contributed by atoms with E-state index >= 15 is 0 Å². The van der Waals surface area contributed by atoms with Crippen molar-refractivity contribution in [3.05, 3.63) is 107 Å². The zero-order valence-electron chi connectivity index (χ0n) is 23.9. The SMILES string of the molecule is CC(C)(C)c1ccc(CCC(=O)N(Cc2ccccc2)[C@@H](Cc2ccccc2)C(=O)NC2CCCCC2)cc1. The molecule has 1 aliphatic carbocycles. The van der Waals surface area contributed by atoms with Crippen LogP contribution in [-0.4, -0.2) is 28.8 Å². The highest BCUT2D eigenvalue weighted by Gasteiger charge is 2.31. The minimum atomic E-state index is -0.565. The van der Waals surface area contributed by atoms with Gasteiger partial charge < -0.3 is 10.2 Å². The fraction of sp³-hybridized carbons (Fsp3) is 0.429.